The number of benzene rings is 1. The summed E-state index contributed by atoms with van der Waals surface area (Å²) < 4.78 is 9.33. The SMILES string of the molecule is Cc1ncn(-c2ccc(NC(=O)c3cn4c(n3)COCC4)cc2)c1C. The average Bonchev–Trinajstić information content (AvgIpc) is 3.20. The second kappa shape index (κ2) is 6.18. The van der Waals surface area contributed by atoms with E-state index in [1.807, 2.05) is 47.2 Å². The summed E-state index contributed by atoms with van der Waals surface area (Å²) in [6, 6.07) is 7.66. The molecule has 0 saturated heterocycles. The zero-order chi connectivity index (χ0) is 17.4. The van der Waals surface area contributed by atoms with Gasteiger partial charge in [0.15, 0.2) is 0 Å². The van der Waals surface area contributed by atoms with Gasteiger partial charge in [0.2, 0.25) is 0 Å². The Bertz CT molecular complexity index is 900. The Kier molecular flexibility index (Phi) is 3.85. The second-order valence-corrected chi connectivity index (χ2v) is 6.07. The highest BCUT2D eigenvalue weighted by Gasteiger charge is 2.17. The van der Waals surface area contributed by atoms with Crippen LogP contribution in [0.5, 0.6) is 0 Å². The molecule has 1 aromatic carbocycles. The van der Waals surface area contributed by atoms with Crippen LogP contribution in [0.4, 0.5) is 5.69 Å². The van der Waals surface area contributed by atoms with Crippen molar-refractivity contribution in [2.75, 3.05) is 11.9 Å². The molecule has 0 saturated carbocycles. The van der Waals surface area contributed by atoms with Crippen LogP contribution in [0.25, 0.3) is 5.69 Å². The van der Waals surface area contributed by atoms with Crippen molar-refractivity contribution in [1.29, 1.82) is 0 Å². The molecule has 1 N–H and O–H groups in total. The summed E-state index contributed by atoms with van der Waals surface area (Å²) >= 11 is 0. The van der Waals surface area contributed by atoms with Crippen LogP contribution in [0.3, 0.4) is 0 Å². The number of aryl methyl sites for hydroxylation is 1. The van der Waals surface area contributed by atoms with Gasteiger partial charge in [0.25, 0.3) is 5.91 Å². The maximum atomic E-state index is 12.4. The van der Waals surface area contributed by atoms with Gasteiger partial charge < -0.3 is 19.2 Å². The van der Waals surface area contributed by atoms with Crippen LogP contribution in [-0.4, -0.2) is 31.6 Å². The maximum absolute atomic E-state index is 12.4. The summed E-state index contributed by atoms with van der Waals surface area (Å²) in [5.41, 5.74) is 4.24. The van der Waals surface area contributed by atoms with Crippen molar-refractivity contribution in [2.45, 2.75) is 27.0 Å². The number of carbonyl (C=O) groups is 1. The van der Waals surface area contributed by atoms with Crippen LogP contribution >= 0.6 is 0 Å². The highest BCUT2D eigenvalue weighted by atomic mass is 16.5. The van der Waals surface area contributed by atoms with Gasteiger partial charge in [-0.1, -0.05) is 0 Å². The minimum absolute atomic E-state index is 0.218. The van der Waals surface area contributed by atoms with Gasteiger partial charge in [0.05, 0.1) is 18.6 Å². The van der Waals surface area contributed by atoms with Crippen molar-refractivity contribution in [3.05, 3.63) is 59.7 Å². The van der Waals surface area contributed by atoms with Gasteiger partial charge in [0, 0.05) is 29.8 Å². The van der Waals surface area contributed by atoms with Crippen molar-refractivity contribution in [2.24, 2.45) is 0 Å². The molecule has 2 aromatic heterocycles. The lowest BCUT2D eigenvalue weighted by atomic mass is 10.2. The van der Waals surface area contributed by atoms with Crippen molar-refractivity contribution in [1.82, 2.24) is 19.1 Å². The molecule has 0 spiro atoms. The van der Waals surface area contributed by atoms with Crippen molar-refractivity contribution < 1.29 is 9.53 Å². The molecule has 1 aliphatic heterocycles. The number of ether oxygens (including phenoxy) is 1. The minimum Gasteiger partial charge on any atom is -0.372 e. The zero-order valence-corrected chi connectivity index (χ0v) is 14.2. The number of fused-ring (bicyclic) bond motifs is 1. The Hall–Kier alpha value is -2.93. The van der Waals surface area contributed by atoms with E-state index < -0.39 is 0 Å². The molecule has 25 heavy (non-hydrogen) atoms. The average molecular weight is 337 g/mol. The third-order valence-electron chi connectivity index (χ3n) is 4.45. The van der Waals surface area contributed by atoms with E-state index in [-0.39, 0.29) is 5.91 Å². The smallest absolute Gasteiger partial charge is 0.275 e. The Morgan fingerprint density at radius 2 is 2.04 bits per heavy atom. The van der Waals surface area contributed by atoms with Gasteiger partial charge in [-0.3, -0.25) is 4.79 Å². The summed E-state index contributed by atoms with van der Waals surface area (Å²) in [7, 11) is 0. The first-order valence-corrected chi connectivity index (χ1v) is 8.18. The van der Waals surface area contributed by atoms with E-state index in [0.29, 0.717) is 18.9 Å². The largest absolute Gasteiger partial charge is 0.372 e. The molecule has 3 aromatic rings. The molecule has 0 radical (unpaired) electrons. The van der Waals surface area contributed by atoms with Gasteiger partial charge in [-0.25, -0.2) is 9.97 Å². The number of hydrogen-bond donors (Lipinski definition) is 1. The van der Waals surface area contributed by atoms with E-state index in [4.69, 9.17) is 4.74 Å². The van der Waals surface area contributed by atoms with Crippen LogP contribution in [-0.2, 0) is 17.9 Å². The predicted molar refractivity (Wildman–Crippen MR) is 92.9 cm³/mol. The lowest BCUT2D eigenvalue weighted by Crippen LogP contribution is -2.15. The highest BCUT2D eigenvalue weighted by molar-refractivity contribution is 6.02. The number of nitrogens with zero attached hydrogens (tertiary/aromatic N) is 4. The Balaban J connectivity index is 1.50. The van der Waals surface area contributed by atoms with E-state index in [1.165, 1.54) is 0 Å². The van der Waals surface area contributed by atoms with Gasteiger partial charge >= 0.3 is 0 Å². The fourth-order valence-corrected chi connectivity index (χ4v) is 2.86. The van der Waals surface area contributed by atoms with E-state index >= 15 is 0 Å². The molecule has 0 fully saturated rings. The third-order valence-corrected chi connectivity index (χ3v) is 4.45. The lowest BCUT2D eigenvalue weighted by Gasteiger charge is -2.13. The van der Waals surface area contributed by atoms with Crippen molar-refractivity contribution in [3.8, 4) is 5.69 Å². The quantitative estimate of drug-likeness (QED) is 0.797. The van der Waals surface area contributed by atoms with E-state index in [2.05, 4.69) is 15.3 Å². The van der Waals surface area contributed by atoms with Crippen LogP contribution in [0.15, 0.2) is 36.8 Å². The van der Waals surface area contributed by atoms with Gasteiger partial charge in [0.1, 0.15) is 18.1 Å². The van der Waals surface area contributed by atoms with Crippen molar-refractivity contribution in [3.63, 3.8) is 0 Å². The highest BCUT2D eigenvalue weighted by Crippen LogP contribution is 2.18. The minimum atomic E-state index is -0.218. The summed E-state index contributed by atoms with van der Waals surface area (Å²) in [4.78, 5) is 21.0. The first-order valence-electron chi connectivity index (χ1n) is 8.18. The Morgan fingerprint density at radius 3 is 2.72 bits per heavy atom. The number of rotatable bonds is 3. The summed E-state index contributed by atoms with van der Waals surface area (Å²) in [5.74, 6) is 0.571. The maximum Gasteiger partial charge on any atom is 0.275 e. The lowest BCUT2D eigenvalue weighted by molar-refractivity contribution is 0.0816. The molecule has 128 valence electrons. The van der Waals surface area contributed by atoms with Crippen molar-refractivity contribution >= 4 is 11.6 Å². The van der Waals surface area contributed by atoms with Gasteiger partial charge in [-0.05, 0) is 38.1 Å². The third kappa shape index (κ3) is 2.94. The normalized spacial score (nSPS) is 13.5. The summed E-state index contributed by atoms with van der Waals surface area (Å²) in [5, 5.41) is 2.89. The molecule has 1 amide bonds. The first-order chi connectivity index (χ1) is 12.1. The molecule has 0 atom stereocenters. The van der Waals surface area contributed by atoms with E-state index in [0.717, 1.165) is 35.1 Å². The number of amides is 1. The molecule has 7 nitrogen and oxygen atoms in total. The summed E-state index contributed by atoms with van der Waals surface area (Å²) in [6.07, 6.45) is 3.58. The number of nitrogens with one attached hydrogen (secondary N) is 1. The zero-order valence-electron chi connectivity index (χ0n) is 14.2. The number of imidazole rings is 2. The number of anilines is 1. The van der Waals surface area contributed by atoms with Gasteiger partial charge in [-0.15, -0.1) is 0 Å². The molecule has 1 aliphatic rings. The van der Waals surface area contributed by atoms with Crippen LogP contribution in [0.2, 0.25) is 0 Å². The fraction of sp³-hybridized carbons (Fsp3) is 0.278. The second-order valence-electron chi connectivity index (χ2n) is 6.07. The van der Waals surface area contributed by atoms with Gasteiger partial charge in [-0.2, -0.15) is 0 Å². The molecule has 7 heteroatoms. The van der Waals surface area contributed by atoms with Crippen LogP contribution in [0.1, 0.15) is 27.7 Å². The predicted octanol–water partition coefficient (Wildman–Crippen LogP) is 2.47. The molecule has 0 unspecified atom stereocenters. The molecule has 3 heterocycles. The van der Waals surface area contributed by atoms with Crippen LogP contribution in [0, 0.1) is 13.8 Å². The fourth-order valence-electron chi connectivity index (χ4n) is 2.86. The first kappa shape index (κ1) is 15.6. The number of aromatic nitrogens is 4. The molecular formula is C18H19N5O2. The molecular weight excluding hydrogens is 318 g/mol. The molecule has 0 aliphatic carbocycles. The molecule has 0 bridgehead atoms. The Labute approximate surface area is 145 Å². The topological polar surface area (TPSA) is 74.0 Å². The Morgan fingerprint density at radius 1 is 1.24 bits per heavy atom. The monoisotopic (exact) mass is 337 g/mol. The van der Waals surface area contributed by atoms with E-state index in [9.17, 15) is 4.79 Å². The standard InChI is InChI=1S/C18H19N5O2/c1-12-13(2)23(11-19-12)15-5-3-14(4-6-15)20-18(24)16-9-22-7-8-25-10-17(22)21-16/h3-6,9,11H,7-8,10H2,1-2H3,(H,20,24). The number of hydrogen-bond acceptors (Lipinski definition) is 4. The van der Waals surface area contributed by atoms with E-state index in [1.54, 1.807) is 12.5 Å². The molecule has 4 rings (SSSR count). The van der Waals surface area contributed by atoms with Crippen LogP contribution < -0.4 is 5.32 Å². The number of carbonyl (C=O) groups excluding carboxylic acids is 1. The summed E-state index contributed by atoms with van der Waals surface area (Å²) in [6.45, 7) is 5.84.